The summed E-state index contributed by atoms with van der Waals surface area (Å²) in [6.07, 6.45) is 3.00. The second-order valence-corrected chi connectivity index (χ2v) is 8.77. The normalized spacial score (nSPS) is 16.7. The zero-order chi connectivity index (χ0) is 23.9. The summed E-state index contributed by atoms with van der Waals surface area (Å²) in [7, 11) is 0. The van der Waals surface area contributed by atoms with E-state index in [0.29, 0.717) is 36.6 Å². The summed E-state index contributed by atoms with van der Waals surface area (Å²) >= 11 is 0. The molecule has 3 aromatic rings. The van der Waals surface area contributed by atoms with Crippen LogP contribution in [0.4, 0.5) is 23.0 Å². The van der Waals surface area contributed by atoms with Crippen molar-refractivity contribution in [2.24, 2.45) is 5.92 Å². The van der Waals surface area contributed by atoms with Crippen molar-refractivity contribution in [2.75, 3.05) is 17.2 Å². The van der Waals surface area contributed by atoms with Gasteiger partial charge in [-0.25, -0.2) is 9.97 Å². The van der Waals surface area contributed by atoms with Crippen molar-refractivity contribution in [3.05, 3.63) is 66.5 Å². The van der Waals surface area contributed by atoms with Crippen molar-refractivity contribution in [2.45, 2.75) is 39.2 Å². The number of aryl methyl sites for hydroxylation is 1. The van der Waals surface area contributed by atoms with Gasteiger partial charge >= 0.3 is 0 Å². The van der Waals surface area contributed by atoms with E-state index in [1.807, 2.05) is 56.3 Å². The molecule has 3 N–H and O–H groups in total. The van der Waals surface area contributed by atoms with Crippen LogP contribution in [0.5, 0.6) is 5.75 Å². The van der Waals surface area contributed by atoms with E-state index in [2.05, 4.69) is 25.9 Å². The molecule has 2 aromatic carbocycles. The number of hydrogen-bond donors (Lipinski definition) is 3. The Kier molecular flexibility index (Phi) is 7.37. The van der Waals surface area contributed by atoms with E-state index >= 15 is 0 Å². The van der Waals surface area contributed by atoms with Crippen LogP contribution in [-0.4, -0.2) is 34.3 Å². The molecular formula is C26H29N5O3. The fraction of sp³-hybridized carbons (Fsp3) is 0.308. The minimum atomic E-state index is -0.533. The van der Waals surface area contributed by atoms with Crippen LogP contribution >= 0.6 is 0 Å². The standard InChI is InChI=1S/C26H29N5O3/c1-17(2)12-22-23(32)11-6-18-4-3-5-20(13-18)30-25-14-24(27-16-28-25)29-19-7-9-21(10-8-19)34-15-26(33)31-22/h3-5,7-10,13-14,16-17,22H,6,11-12,15H2,1-2H3,(H,31,33)(H2,27,28,29,30). The van der Waals surface area contributed by atoms with Crippen LogP contribution in [0.25, 0.3) is 0 Å². The van der Waals surface area contributed by atoms with E-state index in [-0.39, 0.29) is 24.2 Å². The Labute approximate surface area is 199 Å². The van der Waals surface area contributed by atoms with Gasteiger partial charge in [0, 0.05) is 23.9 Å². The molecule has 0 spiro atoms. The molecule has 0 fully saturated rings. The van der Waals surface area contributed by atoms with Gasteiger partial charge in [0.1, 0.15) is 23.7 Å². The second kappa shape index (κ2) is 10.8. The second-order valence-electron chi connectivity index (χ2n) is 8.77. The van der Waals surface area contributed by atoms with E-state index in [1.54, 1.807) is 12.1 Å². The molecule has 2 aliphatic rings. The minimum absolute atomic E-state index is 0.0192. The molecule has 1 aromatic heterocycles. The summed E-state index contributed by atoms with van der Waals surface area (Å²) in [5.74, 6) is 1.83. The Morgan fingerprint density at radius 2 is 1.68 bits per heavy atom. The topological polar surface area (TPSA) is 105 Å². The first-order valence-corrected chi connectivity index (χ1v) is 11.4. The van der Waals surface area contributed by atoms with Gasteiger partial charge in [-0.3, -0.25) is 9.59 Å². The van der Waals surface area contributed by atoms with Gasteiger partial charge in [-0.2, -0.15) is 0 Å². The largest absolute Gasteiger partial charge is 0.484 e. The zero-order valence-corrected chi connectivity index (χ0v) is 19.4. The van der Waals surface area contributed by atoms with Gasteiger partial charge in [0.25, 0.3) is 5.91 Å². The maximum Gasteiger partial charge on any atom is 0.258 e. The summed E-state index contributed by atoms with van der Waals surface area (Å²) < 4.78 is 5.63. The highest BCUT2D eigenvalue weighted by atomic mass is 16.5. The van der Waals surface area contributed by atoms with Crippen LogP contribution in [0.15, 0.2) is 60.9 Å². The molecule has 0 saturated carbocycles. The lowest BCUT2D eigenvalue weighted by Crippen LogP contribution is -2.43. The average Bonchev–Trinajstić information content (AvgIpc) is 2.81. The number of hydrogen-bond acceptors (Lipinski definition) is 7. The zero-order valence-electron chi connectivity index (χ0n) is 19.4. The van der Waals surface area contributed by atoms with Crippen LogP contribution in [0.2, 0.25) is 0 Å². The summed E-state index contributed by atoms with van der Waals surface area (Å²) in [6, 6.07) is 16.4. The lowest BCUT2D eigenvalue weighted by Gasteiger charge is -2.20. The highest BCUT2D eigenvalue weighted by Gasteiger charge is 2.22. The van der Waals surface area contributed by atoms with Gasteiger partial charge in [0.05, 0.1) is 6.04 Å². The molecule has 6 bridgehead atoms. The number of aromatic nitrogens is 2. The predicted octanol–water partition coefficient (Wildman–Crippen LogP) is 4.39. The van der Waals surface area contributed by atoms with Crippen LogP contribution in [-0.2, 0) is 16.0 Å². The molecule has 8 nitrogen and oxygen atoms in total. The third-order valence-corrected chi connectivity index (χ3v) is 5.45. The molecule has 1 atom stereocenters. The van der Waals surface area contributed by atoms with E-state index in [1.165, 1.54) is 6.33 Å². The van der Waals surface area contributed by atoms with Gasteiger partial charge in [0.2, 0.25) is 0 Å². The Morgan fingerprint density at radius 1 is 0.941 bits per heavy atom. The molecule has 2 aliphatic heterocycles. The number of benzene rings is 2. The molecule has 1 unspecified atom stereocenters. The molecular weight excluding hydrogens is 430 g/mol. The SMILES string of the molecule is CC(C)CC1NC(=O)COc2ccc(cc2)Nc2cc(ncn2)Nc2cccc(c2)CCC1=O. The van der Waals surface area contributed by atoms with Crippen molar-refractivity contribution in [1.82, 2.24) is 15.3 Å². The predicted molar refractivity (Wildman–Crippen MR) is 132 cm³/mol. The molecule has 34 heavy (non-hydrogen) atoms. The smallest absolute Gasteiger partial charge is 0.258 e. The van der Waals surface area contributed by atoms with E-state index in [0.717, 1.165) is 16.9 Å². The minimum Gasteiger partial charge on any atom is -0.484 e. The van der Waals surface area contributed by atoms with Gasteiger partial charge in [-0.15, -0.1) is 0 Å². The van der Waals surface area contributed by atoms with Crippen molar-refractivity contribution in [3.8, 4) is 5.75 Å². The summed E-state index contributed by atoms with van der Waals surface area (Å²) in [5, 5.41) is 9.41. The summed E-state index contributed by atoms with van der Waals surface area (Å²) in [5.41, 5.74) is 2.72. The van der Waals surface area contributed by atoms with E-state index in [9.17, 15) is 9.59 Å². The highest BCUT2D eigenvalue weighted by Crippen LogP contribution is 2.22. The van der Waals surface area contributed by atoms with Gasteiger partial charge in [-0.05, 0) is 60.7 Å². The number of carbonyl (C=O) groups is 2. The van der Waals surface area contributed by atoms with E-state index < -0.39 is 6.04 Å². The Hall–Kier alpha value is -3.94. The number of ketones is 1. The maximum atomic E-state index is 13.0. The molecule has 3 heterocycles. The number of nitrogens with one attached hydrogen (secondary N) is 3. The molecule has 5 rings (SSSR count). The Morgan fingerprint density at radius 3 is 2.41 bits per heavy atom. The van der Waals surface area contributed by atoms with Crippen molar-refractivity contribution < 1.29 is 14.3 Å². The first-order valence-electron chi connectivity index (χ1n) is 11.4. The number of anilines is 4. The third-order valence-electron chi connectivity index (χ3n) is 5.45. The van der Waals surface area contributed by atoms with Crippen LogP contribution < -0.4 is 20.7 Å². The fourth-order valence-electron chi connectivity index (χ4n) is 3.80. The first-order chi connectivity index (χ1) is 16.4. The quantitative estimate of drug-likeness (QED) is 0.522. The maximum absolute atomic E-state index is 13.0. The van der Waals surface area contributed by atoms with Crippen molar-refractivity contribution in [3.63, 3.8) is 0 Å². The highest BCUT2D eigenvalue weighted by molar-refractivity contribution is 5.89. The molecule has 8 heteroatoms. The monoisotopic (exact) mass is 459 g/mol. The third kappa shape index (κ3) is 6.54. The Bertz CT molecular complexity index is 1150. The van der Waals surface area contributed by atoms with Gasteiger partial charge < -0.3 is 20.7 Å². The lowest BCUT2D eigenvalue weighted by atomic mass is 9.96. The number of Topliss-reactive ketones (excluding diaryl/α,β-unsaturated/α-hetero) is 1. The van der Waals surface area contributed by atoms with E-state index in [4.69, 9.17) is 4.74 Å². The van der Waals surface area contributed by atoms with Crippen molar-refractivity contribution in [1.29, 1.82) is 0 Å². The molecule has 176 valence electrons. The Balaban J connectivity index is 1.60. The number of ether oxygens (including phenoxy) is 1. The van der Waals surface area contributed by atoms with Crippen LogP contribution in [0, 0.1) is 5.92 Å². The number of rotatable bonds is 2. The van der Waals surface area contributed by atoms with Crippen LogP contribution in [0.3, 0.4) is 0 Å². The number of amides is 1. The lowest BCUT2D eigenvalue weighted by molar-refractivity contribution is -0.129. The molecule has 0 radical (unpaired) electrons. The summed E-state index contributed by atoms with van der Waals surface area (Å²) in [4.78, 5) is 34.1. The van der Waals surface area contributed by atoms with Crippen LogP contribution in [0.1, 0.15) is 32.3 Å². The summed E-state index contributed by atoms with van der Waals surface area (Å²) in [6.45, 7) is 3.92. The molecule has 1 amide bonds. The molecule has 0 saturated heterocycles. The first kappa shape index (κ1) is 23.2. The van der Waals surface area contributed by atoms with Crippen molar-refractivity contribution >= 4 is 34.7 Å². The van der Waals surface area contributed by atoms with Gasteiger partial charge in [-0.1, -0.05) is 26.0 Å². The number of nitrogens with zero attached hydrogens (tertiary/aromatic N) is 2. The number of carbonyl (C=O) groups excluding carboxylic acids is 2. The average molecular weight is 460 g/mol. The molecule has 0 aliphatic carbocycles. The van der Waals surface area contributed by atoms with Gasteiger partial charge in [0.15, 0.2) is 12.4 Å². The number of fused-ring (bicyclic) bond motifs is 9. The fourth-order valence-corrected chi connectivity index (χ4v) is 3.80.